The minimum atomic E-state index is 0.304. The summed E-state index contributed by atoms with van der Waals surface area (Å²) in [6.07, 6.45) is 3.19. The summed E-state index contributed by atoms with van der Waals surface area (Å²) in [5.74, 6) is 0.638. The maximum absolute atomic E-state index is 8.65. The van der Waals surface area contributed by atoms with Crippen molar-refractivity contribution in [1.29, 1.82) is 5.26 Å². The number of nitriles is 1. The molecule has 0 spiro atoms. The monoisotopic (exact) mass is 159 g/mol. The Kier molecular flexibility index (Phi) is 1.27. The molecule has 0 saturated carbocycles. The molecule has 0 N–H and O–H groups in total. The smallest absolute Gasteiger partial charge is 0.192 e. The molecular formula is C7H5N5. The van der Waals surface area contributed by atoms with Gasteiger partial charge in [-0.3, -0.25) is 0 Å². The zero-order valence-corrected chi connectivity index (χ0v) is 6.39. The third-order valence-electron chi connectivity index (χ3n) is 1.47. The molecule has 5 heteroatoms. The van der Waals surface area contributed by atoms with Gasteiger partial charge >= 0.3 is 0 Å². The molecule has 0 saturated heterocycles. The summed E-state index contributed by atoms with van der Waals surface area (Å²) >= 11 is 0. The molecule has 2 rings (SSSR count). The molecule has 5 nitrogen and oxygen atoms in total. The van der Waals surface area contributed by atoms with Crippen LogP contribution in [0.1, 0.15) is 11.5 Å². The normalized spacial score (nSPS) is 10.0. The molecule has 2 heterocycles. The highest BCUT2D eigenvalue weighted by Gasteiger charge is 2.04. The van der Waals surface area contributed by atoms with Crippen molar-refractivity contribution in [2.45, 2.75) is 6.92 Å². The lowest BCUT2D eigenvalue weighted by molar-refractivity contribution is 0.917. The van der Waals surface area contributed by atoms with E-state index in [1.54, 1.807) is 17.6 Å². The molecule has 0 amide bonds. The van der Waals surface area contributed by atoms with E-state index in [1.165, 1.54) is 6.20 Å². The topological polar surface area (TPSA) is 66.9 Å². The van der Waals surface area contributed by atoms with Crippen LogP contribution in [0.4, 0.5) is 0 Å². The molecule has 0 fully saturated rings. The van der Waals surface area contributed by atoms with Crippen molar-refractivity contribution in [1.82, 2.24) is 19.6 Å². The lowest BCUT2D eigenvalue weighted by Crippen LogP contribution is -1.92. The van der Waals surface area contributed by atoms with Gasteiger partial charge in [-0.1, -0.05) is 0 Å². The number of hydrogen-bond donors (Lipinski definition) is 0. The molecule has 2 aromatic rings. The zero-order chi connectivity index (χ0) is 8.55. The summed E-state index contributed by atoms with van der Waals surface area (Å²) in [5.41, 5.74) is 0.815. The van der Waals surface area contributed by atoms with E-state index in [4.69, 9.17) is 5.26 Å². The van der Waals surface area contributed by atoms with Gasteiger partial charge in [-0.05, 0) is 6.92 Å². The van der Waals surface area contributed by atoms with Crippen molar-refractivity contribution in [3.8, 4) is 6.07 Å². The molecule has 0 aliphatic heterocycles. The Morgan fingerprint density at radius 3 is 3.17 bits per heavy atom. The standard InChI is InChI=1S/C7H5N5/c1-5-10-7-6(4-8)9-2-3-12(7)11-5/h2-3H,1H3. The molecule has 12 heavy (non-hydrogen) atoms. The summed E-state index contributed by atoms with van der Waals surface area (Å²) in [6, 6.07) is 1.95. The maximum Gasteiger partial charge on any atom is 0.192 e. The van der Waals surface area contributed by atoms with Crippen molar-refractivity contribution in [2.24, 2.45) is 0 Å². The SMILES string of the molecule is Cc1nc2c(C#N)nccn2n1. The predicted octanol–water partition coefficient (Wildman–Crippen LogP) is 0.304. The molecule has 0 atom stereocenters. The Labute approximate surface area is 68.3 Å². The Balaban J connectivity index is 2.89. The van der Waals surface area contributed by atoms with Crippen molar-refractivity contribution >= 4 is 5.65 Å². The largest absolute Gasteiger partial charge is 0.240 e. The molecule has 2 aromatic heterocycles. The van der Waals surface area contributed by atoms with Crippen molar-refractivity contribution in [3.63, 3.8) is 0 Å². The number of hydrogen-bond acceptors (Lipinski definition) is 4. The van der Waals surface area contributed by atoms with Gasteiger partial charge in [-0.15, -0.1) is 0 Å². The van der Waals surface area contributed by atoms with Gasteiger partial charge in [0, 0.05) is 12.4 Å². The molecule has 58 valence electrons. The fourth-order valence-corrected chi connectivity index (χ4v) is 1.00. The number of nitrogens with zero attached hydrogens (tertiary/aromatic N) is 5. The molecule has 0 aliphatic rings. The van der Waals surface area contributed by atoms with Crippen LogP contribution in [0.5, 0.6) is 0 Å². The Morgan fingerprint density at radius 1 is 1.58 bits per heavy atom. The Hall–Kier alpha value is -1.96. The van der Waals surface area contributed by atoms with Crippen LogP contribution in [0.25, 0.3) is 5.65 Å². The Bertz CT molecular complexity index is 464. The average molecular weight is 159 g/mol. The van der Waals surface area contributed by atoms with Crippen LogP contribution in [0.15, 0.2) is 12.4 Å². The highest BCUT2D eigenvalue weighted by molar-refractivity contribution is 5.49. The first-order valence-corrected chi connectivity index (χ1v) is 3.39. The molecule has 0 unspecified atom stereocenters. The van der Waals surface area contributed by atoms with Gasteiger partial charge in [-0.2, -0.15) is 10.4 Å². The van der Waals surface area contributed by atoms with Crippen molar-refractivity contribution < 1.29 is 0 Å². The lowest BCUT2D eigenvalue weighted by atomic mass is 10.5. The summed E-state index contributed by atoms with van der Waals surface area (Å²) in [4.78, 5) is 7.91. The third kappa shape index (κ3) is 0.820. The van der Waals surface area contributed by atoms with Crippen LogP contribution in [-0.2, 0) is 0 Å². The van der Waals surface area contributed by atoms with E-state index in [2.05, 4.69) is 15.1 Å². The number of rotatable bonds is 0. The summed E-state index contributed by atoms with van der Waals surface area (Å²) in [6.45, 7) is 1.77. The second-order valence-corrected chi connectivity index (χ2v) is 2.31. The fraction of sp³-hybridized carbons (Fsp3) is 0.143. The van der Waals surface area contributed by atoms with Crippen LogP contribution in [0.3, 0.4) is 0 Å². The minimum Gasteiger partial charge on any atom is -0.240 e. The molecule has 0 aliphatic carbocycles. The number of aryl methyl sites for hydroxylation is 1. The summed E-state index contributed by atoms with van der Waals surface area (Å²) in [5, 5.41) is 12.7. The zero-order valence-electron chi connectivity index (χ0n) is 6.39. The van der Waals surface area contributed by atoms with Gasteiger partial charge in [0.05, 0.1) is 0 Å². The van der Waals surface area contributed by atoms with Gasteiger partial charge in [0.15, 0.2) is 11.3 Å². The van der Waals surface area contributed by atoms with Gasteiger partial charge in [0.1, 0.15) is 11.9 Å². The second-order valence-electron chi connectivity index (χ2n) is 2.31. The third-order valence-corrected chi connectivity index (χ3v) is 1.47. The highest BCUT2D eigenvalue weighted by Crippen LogP contribution is 2.02. The second kappa shape index (κ2) is 2.27. The van der Waals surface area contributed by atoms with Gasteiger partial charge in [-0.25, -0.2) is 14.5 Å². The first kappa shape index (κ1) is 6.73. The van der Waals surface area contributed by atoms with Crippen LogP contribution in [-0.4, -0.2) is 19.6 Å². The van der Waals surface area contributed by atoms with E-state index in [0.717, 1.165) is 0 Å². The molecular weight excluding hydrogens is 154 g/mol. The minimum absolute atomic E-state index is 0.304. The highest BCUT2D eigenvalue weighted by atomic mass is 15.3. The van der Waals surface area contributed by atoms with E-state index in [1.807, 2.05) is 6.07 Å². The van der Waals surface area contributed by atoms with Crippen LogP contribution in [0.2, 0.25) is 0 Å². The van der Waals surface area contributed by atoms with Crippen molar-refractivity contribution in [2.75, 3.05) is 0 Å². The van der Waals surface area contributed by atoms with E-state index in [9.17, 15) is 0 Å². The van der Waals surface area contributed by atoms with Crippen LogP contribution in [0, 0.1) is 18.3 Å². The first-order valence-electron chi connectivity index (χ1n) is 3.39. The summed E-state index contributed by atoms with van der Waals surface area (Å²) in [7, 11) is 0. The van der Waals surface area contributed by atoms with E-state index in [-0.39, 0.29) is 0 Å². The van der Waals surface area contributed by atoms with E-state index < -0.39 is 0 Å². The van der Waals surface area contributed by atoms with Gasteiger partial charge in [0.25, 0.3) is 0 Å². The van der Waals surface area contributed by atoms with Crippen LogP contribution >= 0.6 is 0 Å². The quantitative estimate of drug-likeness (QED) is 0.554. The fourth-order valence-electron chi connectivity index (χ4n) is 1.00. The number of fused-ring (bicyclic) bond motifs is 1. The molecule has 0 radical (unpaired) electrons. The number of aromatic nitrogens is 4. The predicted molar refractivity (Wildman–Crippen MR) is 40.2 cm³/mol. The first-order chi connectivity index (χ1) is 5.81. The van der Waals surface area contributed by atoms with E-state index in [0.29, 0.717) is 17.2 Å². The molecule has 0 aromatic carbocycles. The van der Waals surface area contributed by atoms with E-state index >= 15 is 0 Å². The Morgan fingerprint density at radius 2 is 2.42 bits per heavy atom. The van der Waals surface area contributed by atoms with Crippen LogP contribution < -0.4 is 0 Å². The lowest BCUT2D eigenvalue weighted by Gasteiger charge is -1.89. The molecule has 0 bridgehead atoms. The average Bonchev–Trinajstić information content (AvgIpc) is 2.44. The van der Waals surface area contributed by atoms with Crippen molar-refractivity contribution in [3.05, 3.63) is 23.9 Å². The van der Waals surface area contributed by atoms with Gasteiger partial charge < -0.3 is 0 Å². The van der Waals surface area contributed by atoms with Gasteiger partial charge in [0.2, 0.25) is 0 Å². The maximum atomic E-state index is 8.65. The summed E-state index contributed by atoms with van der Waals surface area (Å²) < 4.78 is 1.54.